The van der Waals surface area contributed by atoms with Crippen LogP contribution in [-0.4, -0.2) is 34.5 Å². The summed E-state index contributed by atoms with van der Waals surface area (Å²) >= 11 is 0. The number of hydrogen-bond acceptors (Lipinski definition) is 5. The summed E-state index contributed by atoms with van der Waals surface area (Å²) in [5, 5.41) is 0. The summed E-state index contributed by atoms with van der Waals surface area (Å²) in [6.45, 7) is 4.61. The van der Waals surface area contributed by atoms with Crippen LogP contribution in [-0.2, 0) is 19.1 Å². The first-order valence-electron chi connectivity index (χ1n) is 4.62. The van der Waals surface area contributed by atoms with E-state index in [1.807, 2.05) is 0 Å². The van der Waals surface area contributed by atoms with E-state index in [9.17, 15) is 14.4 Å². The van der Waals surface area contributed by atoms with Crippen LogP contribution >= 0.6 is 0 Å². The van der Waals surface area contributed by atoms with Crippen LogP contribution in [0, 0.1) is 0 Å². The summed E-state index contributed by atoms with van der Waals surface area (Å²) in [5.74, 6) is -1.68. The number of ether oxygens (including phenoxy) is 1. The average molecular weight is 214 g/mol. The van der Waals surface area contributed by atoms with Gasteiger partial charge in [-0.25, -0.2) is 4.79 Å². The van der Waals surface area contributed by atoms with E-state index in [2.05, 4.69) is 0 Å². The molecule has 2 amide bonds. The molecule has 1 saturated heterocycles. The standard InChI is InChI=1S/C9H14N2O4/c1-5(2)15-8(14)9(3,10)11-6(12)4-7(11)13/h5H,4,10H2,1-3H3/t9-/m1/s1. The van der Waals surface area contributed by atoms with Gasteiger partial charge in [0.1, 0.15) is 6.42 Å². The maximum absolute atomic E-state index is 11.5. The summed E-state index contributed by atoms with van der Waals surface area (Å²) in [6.07, 6.45) is -0.534. The van der Waals surface area contributed by atoms with Gasteiger partial charge >= 0.3 is 5.97 Å². The van der Waals surface area contributed by atoms with Crippen molar-refractivity contribution in [3.8, 4) is 0 Å². The number of nitrogens with two attached hydrogens (primary N) is 1. The Labute approximate surface area is 87.4 Å². The van der Waals surface area contributed by atoms with Crippen molar-refractivity contribution in [2.24, 2.45) is 5.73 Å². The maximum atomic E-state index is 11.5. The Morgan fingerprint density at radius 1 is 1.47 bits per heavy atom. The van der Waals surface area contributed by atoms with Crippen LogP contribution in [0.4, 0.5) is 0 Å². The fourth-order valence-electron chi connectivity index (χ4n) is 1.28. The monoisotopic (exact) mass is 214 g/mol. The minimum atomic E-state index is -1.70. The van der Waals surface area contributed by atoms with Gasteiger partial charge < -0.3 is 4.74 Å². The van der Waals surface area contributed by atoms with Crippen LogP contribution in [0.3, 0.4) is 0 Å². The Morgan fingerprint density at radius 3 is 2.27 bits per heavy atom. The highest BCUT2D eigenvalue weighted by Gasteiger charge is 2.50. The van der Waals surface area contributed by atoms with Gasteiger partial charge in [0.25, 0.3) is 0 Å². The molecular formula is C9H14N2O4. The van der Waals surface area contributed by atoms with Gasteiger partial charge in [0.05, 0.1) is 6.10 Å². The minimum Gasteiger partial charge on any atom is -0.460 e. The first-order valence-corrected chi connectivity index (χ1v) is 4.62. The number of rotatable bonds is 3. The summed E-state index contributed by atoms with van der Waals surface area (Å²) in [4.78, 5) is 34.4. The summed E-state index contributed by atoms with van der Waals surface area (Å²) < 4.78 is 4.86. The fraction of sp³-hybridized carbons (Fsp3) is 0.667. The molecule has 0 aliphatic carbocycles. The smallest absolute Gasteiger partial charge is 0.347 e. The molecule has 0 aromatic carbocycles. The molecule has 0 spiro atoms. The second-order valence-electron chi connectivity index (χ2n) is 3.90. The number of β-lactam (4-membered cyclic amide) rings is 2. The second-order valence-corrected chi connectivity index (χ2v) is 3.90. The van der Waals surface area contributed by atoms with Gasteiger partial charge in [-0.2, -0.15) is 0 Å². The van der Waals surface area contributed by atoms with Crippen molar-refractivity contribution in [3.05, 3.63) is 0 Å². The molecule has 1 rings (SSSR count). The van der Waals surface area contributed by atoms with Gasteiger partial charge in [-0.15, -0.1) is 0 Å². The van der Waals surface area contributed by atoms with E-state index >= 15 is 0 Å². The van der Waals surface area contributed by atoms with Crippen LogP contribution in [0.25, 0.3) is 0 Å². The van der Waals surface area contributed by atoms with Crippen molar-refractivity contribution in [3.63, 3.8) is 0 Å². The Balaban J connectivity index is 2.77. The zero-order chi connectivity index (χ0) is 11.8. The lowest BCUT2D eigenvalue weighted by Gasteiger charge is -2.39. The SMILES string of the molecule is CC(C)OC(=O)[C@](C)(N)N1C(=O)CC1=O. The van der Waals surface area contributed by atoms with E-state index in [0.29, 0.717) is 0 Å². The third-order valence-corrected chi connectivity index (χ3v) is 2.02. The predicted octanol–water partition coefficient (Wildman–Crippen LogP) is -0.628. The van der Waals surface area contributed by atoms with E-state index in [0.717, 1.165) is 4.90 Å². The van der Waals surface area contributed by atoms with Crippen LogP contribution in [0.1, 0.15) is 27.2 Å². The largest absolute Gasteiger partial charge is 0.460 e. The highest BCUT2D eigenvalue weighted by atomic mass is 16.5. The molecule has 1 aliphatic rings. The first kappa shape index (κ1) is 11.6. The average Bonchev–Trinajstić information content (AvgIpc) is 2.00. The zero-order valence-corrected chi connectivity index (χ0v) is 8.94. The molecule has 6 nitrogen and oxygen atoms in total. The number of hydrogen-bond donors (Lipinski definition) is 1. The maximum Gasteiger partial charge on any atom is 0.347 e. The lowest BCUT2D eigenvalue weighted by atomic mass is 10.0. The van der Waals surface area contributed by atoms with Crippen LogP contribution in [0.15, 0.2) is 0 Å². The molecule has 1 heterocycles. The normalized spacial score (nSPS) is 19.9. The van der Waals surface area contributed by atoms with E-state index in [1.54, 1.807) is 13.8 Å². The molecule has 0 saturated carbocycles. The third kappa shape index (κ3) is 1.99. The van der Waals surface area contributed by atoms with Crippen molar-refractivity contribution in [1.82, 2.24) is 4.90 Å². The number of imide groups is 1. The molecule has 84 valence electrons. The van der Waals surface area contributed by atoms with Crippen molar-refractivity contribution in [2.75, 3.05) is 0 Å². The number of carbonyl (C=O) groups is 3. The van der Waals surface area contributed by atoms with Gasteiger partial charge in [-0.3, -0.25) is 20.2 Å². The number of likely N-dealkylation sites (tertiary alicyclic amines) is 1. The van der Waals surface area contributed by atoms with Crippen molar-refractivity contribution >= 4 is 17.8 Å². The molecule has 0 bridgehead atoms. The molecule has 0 aromatic rings. The fourth-order valence-corrected chi connectivity index (χ4v) is 1.28. The molecule has 0 radical (unpaired) electrons. The number of carbonyl (C=O) groups excluding carboxylic acids is 3. The van der Waals surface area contributed by atoms with Crippen LogP contribution < -0.4 is 5.73 Å². The molecule has 1 atom stereocenters. The van der Waals surface area contributed by atoms with E-state index < -0.39 is 23.4 Å². The molecule has 0 unspecified atom stereocenters. The second kappa shape index (κ2) is 3.62. The summed E-state index contributed by atoms with van der Waals surface area (Å²) in [5.41, 5.74) is 3.91. The Bertz CT molecular complexity index is 308. The molecular weight excluding hydrogens is 200 g/mol. The lowest BCUT2D eigenvalue weighted by Crippen LogP contribution is -2.69. The molecule has 2 N–H and O–H groups in total. The van der Waals surface area contributed by atoms with Crippen molar-refractivity contribution in [1.29, 1.82) is 0 Å². The third-order valence-electron chi connectivity index (χ3n) is 2.02. The highest BCUT2D eigenvalue weighted by molar-refractivity contribution is 6.17. The first-order chi connectivity index (χ1) is 6.76. The topological polar surface area (TPSA) is 89.7 Å². The Kier molecular flexibility index (Phi) is 2.81. The van der Waals surface area contributed by atoms with Gasteiger partial charge in [0.2, 0.25) is 11.8 Å². The highest BCUT2D eigenvalue weighted by Crippen LogP contribution is 2.21. The molecule has 6 heteroatoms. The van der Waals surface area contributed by atoms with Crippen molar-refractivity contribution < 1.29 is 19.1 Å². The quantitative estimate of drug-likeness (QED) is 0.384. The predicted molar refractivity (Wildman–Crippen MR) is 50.3 cm³/mol. The minimum absolute atomic E-state index is 0.193. The van der Waals surface area contributed by atoms with E-state index in [-0.39, 0.29) is 12.5 Å². The van der Waals surface area contributed by atoms with Gasteiger partial charge in [-0.1, -0.05) is 0 Å². The van der Waals surface area contributed by atoms with Gasteiger partial charge in [0, 0.05) is 0 Å². The molecule has 0 aromatic heterocycles. The van der Waals surface area contributed by atoms with Gasteiger partial charge in [0.15, 0.2) is 5.66 Å². The zero-order valence-electron chi connectivity index (χ0n) is 8.94. The number of nitrogens with zero attached hydrogens (tertiary/aromatic N) is 1. The summed E-state index contributed by atoms with van der Waals surface area (Å²) in [7, 11) is 0. The Hall–Kier alpha value is -1.43. The van der Waals surface area contributed by atoms with Gasteiger partial charge in [-0.05, 0) is 20.8 Å². The number of amides is 2. The summed E-state index contributed by atoms with van der Waals surface area (Å²) in [6, 6.07) is 0. The van der Waals surface area contributed by atoms with Crippen molar-refractivity contribution in [2.45, 2.75) is 39.0 Å². The lowest BCUT2D eigenvalue weighted by molar-refractivity contribution is -0.179. The van der Waals surface area contributed by atoms with Crippen LogP contribution in [0.2, 0.25) is 0 Å². The van der Waals surface area contributed by atoms with E-state index in [1.165, 1.54) is 6.92 Å². The van der Waals surface area contributed by atoms with E-state index in [4.69, 9.17) is 10.5 Å². The molecule has 15 heavy (non-hydrogen) atoms. The Morgan fingerprint density at radius 2 is 1.93 bits per heavy atom. The molecule has 1 aliphatic heterocycles. The molecule has 1 fully saturated rings. The van der Waals surface area contributed by atoms with Crippen LogP contribution in [0.5, 0.6) is 0 Å². The number of esters is 1.